The summed E-state index contributed by atoms with van der Waals surface area (Å²) in [4.78, 5) is 32.3. The molecule has 0 spiro atoms. The number of nitrogens with zero attached hydrogens (tertiary/aromatic N) is 2. The summed E-state index contributed by atoms with van der Waals surface area (Å²) in [5.41, 5.74) is 2.34. The number of hydrogen-bond acceptors (Lipinski definition) is 9. The first-order valence-electron chi connectivity index (χ1n) is 8.02. The number of phenols is 1. The van der Waals surface area contributed by atoms with Crippen LogP contribution in [0.1, 0.15) is 27.7 Å². The molecule has 138 valence electrons. The average Bonchev–Trinajstić information content (AvgIpc) is 3.05. The summed E-state index contributed by atoms with van der Waals surface area (Å²) in [6.45, 7) is 0.0522. The van der Waals surface area contributed by atoms with Gasteiger partial charge in [0.1, 0.15) is 12.3 Å². The van der Waals surface area contributed by atoms with Crippen molar-refractivity contribution < 1.29 is 28.9 Å². The number of esters is 1. The van der Waals surface area contributed by atoms with Gasteiger partial charge in [-0.1, -0.05) is 6.07 Å². The highest BCUT2D eigenvalue weighted by Crippen LogP contribution is 2.45. The number of carbonyl (C=O) groups excluding carboxylic acids is 2. The molecule has 0 fully saturated rings. The standard InChI is InChI=1S/C18H15N3O6/c1-25-12-4-3-8(5-11(12)23)13-14-10(7-27-17(14)24)19-15-9(6-22)20-18(26-2)21-16(13)15/h3-6,13,19,23H,7H2,1-2H3. The van der Waals surface area contributed by atoms with Gasteiger partial charge in [0, 0.05) is 0 Å². The molecule has 0 aliphatic carbocycles. The fraction of sp³-hybridized carbons (Fsp3) is 0.222. The number of aromatic nitrogens is 2. The number of ether oxygens (including phenoxy) is 3. The van der Waals surface area contributed by atoms with Gasteiger partial charge in [-0.15, -0.1) is 0 Å². The number of aldehydes is 1. The summed E-state index contributed by atoms with van der Waals surface area (Å²) in [5.74, 6) is -0.947. The number of aromatic hydroxyl groups is 1. The summed E-state index contributed by atoms with van der Waals surface area (Å²) in [6.07, 6.45) is 0.585. The van der Waals surface area contributed by atoms with Crippen LogP contribution in [-0.4, -0.2) is 48.2 Å². The van der Waals surface area contributed by atoms with Crippen molar-refractivity contribution in [1.82, 2.24) is 9.97 Å². The zero-order chi connectivity index (χ0) is 19.1. The van der Waals surface area contributed by atoms with Gasteiger partial charge in [-0.05, 0) is 17.7 Å². The summed E-state index contributed by atoms with van der Waals surface area (Å²) in [7, 11) is 2.83. The Labute approximate surface area is 153 Å². The van der Waals surface area contributed by atoms with Gasteiger partial charge in [0.2, 0.25) is 0 Å². The summed E-state index contributed by atoms with van der Waals surface area (Å²) in [5, 5.41) is 13.2. The zero-order valence-electron chi connectivity index (χ0n) is 14.5. The zero-order valence-corrected chi connectivity index (χ0v) is 14.5. The lowest BCUT2D eigenvalue weighted by Gasteiger charge is -2.27. The van der Waals surface area contributed by atoms with Crippen molar-refractivity contribution in [2.45, 2.75) is 5.92 Å². The number of hydrogen-bond donors (Lipinski definition) is 2. The van der Waals surface area contributed by atoms with Crippen LogP contribution in [0.3, 0.4) is 0 Å². The third kappa shape index (κ3) is 2.55. The molecule has 4 rings (SSSR count). The molecule has 27 heavy (non-hydrogen) atoms. The van der Waals surface area contributed by atoms with Crippen molar-refractivity contribution in [1.29, 1.82) is 0 Å². The lowest BCUT2D eigenvalue weighted by Crippen LogP contribution is -2.23. The Hall–Kier alpha value is -3.62. The molecular weight excluding hydrogens is 354 g/mol. The maximum absolute atomic E-state index is 12.4. The number of methoxy groups -OCH3 is 2. The molecule has 0 bridgehead atoms. The van der Waals surface area contributed by atoms with E-state index in [4.69, 9.17) is 14.2 Å². The molecule has 2 aliphatic heterocycles. The van der Waals surface area contributed by atoms with Gasteiger partial charge in [0.25, 0.3) is 0 Å². The van der Waals surface area contributed by atoms with Crippen LogP contribution in [0.25, 0.3) is 0 Å². The molecule has 0 radical (unpaired) electrons. The quantitative estimate of drug-likeness (QED) is 0.608. The minimum atomic E-state index is -0.668. The van der Waals surface area contributed by atoms with Crippen LogP contribution in [0.4, 0.5) is 5.69 Å². The van der Waals surface area contributed by atoms with E-state index >= 15 is 0 Å². The molecular formula is C18H15N3O6. The van der Waals surface area contributed by atoms with Crippen LogP contribution < -0.4 is 14.8 Å². The van der Waals surface area contributed by atoms with E-state index in [0.29, 0.717) is 40.3 Å². The predicted molar refractivity (Wildman–Crippen MR) is 92.1 cm³/mol. The van der Waals surface area contributed by atoms with Crippen LogP contribution in [0.2, 0.25) is 0 Å². The fourth-order valence-electron chi connectivity index (χ4n) is 3.30. The molecule has 2 N–H and O–H groups in total. The topological polar surface area (TPSA) is 120 Å². The number of benzene rings is 1. The van der Waals surface area contributed by atoms with Crippen molar-refractivity contribution in [3.63, 3.8) is 0 Å². The lowest BCUT2D eigenvalue weighted by atomic mass is 9.84. The molecule has 1 atom stereocenters. The second-order valence-electron chi connectivity index (χ2n) is 5.93. The van der Waals surface area contributed by atoms with Crippen LogP contribution in [0.5, 0.6) is 17.5 Å². The highest BCUT2D eigenvalue weighted by molar-refractivity contribution is 5.98. The Bertz CT molecular complexity index is 1000. The van der Waals surface area contributed by atoms with Crippen LogP contribution in [-0.2, 0) is 9.53 Å². The number of carbonyl (C=O) groups is 2. The highest BCUT2D eigenvalue weighted by atomic mass is 16.5. The first-order chi connectivity index (χ1) is 13.1. The minimum Gasteiger partial charge on any atom is -0.504 e. The number of rotatable bonds is 4. The fourth-order valence-corrected chi connectivity index (χ4v) is 3.30. The molecule has 2 aliphatic rings. The largest absolute Gasteiger partial charge is 0.504 e. The molecule has 9 heteroatoms. The van der Waals surface area contributed by atoms with Gasteiger partial charge in [-0.2, -0.15) is 9.97 Å². The van der Waals surface area contributed by atoms with Crippen LogP contribution in [0.15, 0.2) is 29.5 Å². The Morgan fingerprint density at radius 2 is 2.11 bits per heavy atom. The first-order valence-corrected chi connectivity index (χ1v) is 8.02. The van der Waals surface area contributed by atoms with E-state index in [1.165, 1.54) is 20.3 Å². The molecule has 3 heterocycles. The predicted octanol–water partition coefficient (Wildman–Crippen LogP) is 1.38. The number of nitrogens with one attached hydrogen (secondary N) is 1. The molecule has 0 saturated carbocycles. The third-order valence-electron chi connectivity index (χ3n) is 4.51. The number of cyclic esters (lactones) is 1. The van der Waals surface area contributed by atoms with E-state index in [9.17, 15) is 14.7 Å². The number of anilines is 1. The van der Waals surface area contributed by atoms with E-state index in [2.05, 4.69) is 15.3 Å². The monoisotopic (exact) mass is 369 g/mol. The average molecular weight is 369 g/mol. The van der Waals surface area contributed by atoms with Gasteiger partial charge in [-0.3, -0.25) is 4.79 Å². The molecule has 1 unspecified atom stereocenters. The SMILES string of the molecule is COc1nc(C=O)c2c(n1)C(c1ccc(OC)c(O)c1)C1=C(COC1=O)N2. The second kappa shape index (κ2) is 6.27. The first kappa shape index (κ1) is 16.8. The highest BCUT2D eigenvalue weighted by Gasteiger charge is 2.41. The molecule has 9 nitrogen and oxygen atoms in total. The van der Waals surface area contributed by atoms with Gasteiger partial charge in [-0.25, -0.2) is 4.79 Å². The van der Waals surface area contributed by atoms with E-state index in [0.717, 1.165) is 0 Å². The normalized spacial score (nSPS) is 17.6. The smallest absolute Gasteiger partial charge is 0.337 e. The van der Waals surface area contributed by atoms with Crippen molar-refractivity contribution in [3.8, 4) is 17.5 Å². The molecule has 0 amide bonds. The van der Waals surface area contributed by atoms with Crippen molar-refractivity contribution in [2.24, 2.45) is 0 Å². The van der Waals surface area contributed by atoms with Crippen LogP contribution >= 0.6 is 0 Å². The molecule has 0 saturated heterocycles. The number of phenolic OH excluding ortho intramolecular Hbond substituents is 1. The lowest BCUT2D eigenvalue weighted by molar-refractivity contribution is -0.136. The van der Waals surface area contributed by atoms with Gasteiger partial charge in [0.05, 0.1) is 42.8 Å². The summed E-state index contributed by atoms with van der Waals surface area (Å²) in [6, 6.07) is 4.79. The third-order valence-corrected chi connectivity index (χ3v) is 4.51. The van der Waals surface area contributed by atoms with Gasteiger partial charge in [0.15, 0.2) is 17.8 Å². The van der Waals surface area contributed by atoms with Crippen molar-refractivity contribution in [3.05, 3.63) is 46.4 Å². The van der Waals surface area contributed by atoms with Gasteiger partial charge < -0.3 is 24.6 Å². The Morgan fingerprint density at radius 1 is 1.30 bits per heavy atom. The van der Waals surface area contributed by atoms with E-state index < -0.39 is 11.9 Å². The van der Waals surface area contributed by atoms with Crippen molar-refractivity contribution >= 4 is 17.9 Å². The Balaban J connectivity index is 1.97. The number of fused-ring (bicyclic) bond motifs is 1. The maximum Gasteiger partial charge on any atom is 0.337 e. The minimum absolute atomic E-state index is 0.00389. The summed E-state index contributed by atoms with van der Waals surface area (Å²) < 4.78 is 15.3. The van der Waals surface area contributed by atoms with E-state index in [1.54, 1.807) is 12.1 Å². The van der Waals surface area contributed by atoms with Crippen molar-refractivity contribution in [2.75, 3.05) is 26.1 Å². The maximum atomic E-state index is 12.4. The second-order valence-corrected chi connectivity index (χ2v) is 5.93. The molecule has 1 aromatic heterocycles. The molecule has 1 aromatic carbocycles. The Kier molecular flexibility index (Phi) is 3.91. The molecule has 2 aromatic rings. The van der Waals surface area contributed by atoms with E-state index in [-0.39, 0.29) is 24.1 Å². The van der Waals surface area contributed by atoms with Gasteiger partial charge >= 0.3 is 12.0 Å². The Morgan fingerprint density at radius 3 is 2.78 bits per heavy atom. The van der Waals surface area contributed by atoms with E-state index in [1.807, 2.05) is 0 Å². The summed E-state index contributed by atoms with van der Waals surface area (Å²) >= 11 is 0. The van der Waals surface area contributed by atoms with Crippen LogP contribution in [0, 0.1) is 0 Å².